The summed E-state index contributed by atoms with van der Waals surface area (Å²) in [4.78, 5) is 6.79. The Morgan fingerprint density at radius 3 is 2.47 bits per heavy atom. The van der Waals surface area contributed by atoms with Gasteiger partial charge in [0.25, 0.3) is 0 Å². The summed E-state index contributed by atoms with van der Waals surface area (Å²) in [6.45, 7) is 10.3. The molecule has 1 aliphatic rings. The molecule has 178 valence electrons. The Balaban J connectivity index is 0.00000363. The van der Waals surface area contributed by atoms with E-state index in [1.54, 1.807) is 7.05 Å². The van der Waals surface area contributed by atoms with Crippen LogP contribution in [0.3, 0.4) is 0 Å². The molecule has 2 heterocycles. The molecule has 0 radical (unpaired) electrons. The molecule has 0 amide bonds. The molecular formula is C24H37IN4O3. The Bertz CT molecular complexity index is 794. The second-order valence-corrected chi connectivity index (χ2v) is 8.05. The fourth-order valence-corrected chi connectivity index (χ4v) is 3.63. The van der Waals surface area contributed by atoms with Crippen LogP contribution in [0.4, 0.5) is 0 Å². The Labute approximate surface area is 209 Å². The van der Waals surface area contributed by atoms with E-state index in [0.717, 1.165) is 50.3 Å². The van der Waals surface area contributed by atoms with E-state index in [1.165, 1.54) is 5.56 Å². The number of hydrogen-bond acceptors (Lipinski definition) is 5. The number of morpholine rings is 1. The first-order valence-corrected chi connectivity index (χ1v) is 11.1. The van der Waals surface area contributed by atoms with Crippen LogP contribution in [-0.4, -0.2) is 63.9 Å². The van der Waals surface area contributed by atoms with Crippen molar-refractivity contribution in [3.63, 3.8) is 0 Å². The maximum Gasteiger partial charge on any atom is 0.191 e. The topological polar surface area (TPSA) is 71.3 Å². The number of guanidine groups is 1. The van der Waals surface area contributed by atoms with Crippen molar-refractivity contribution in [2.75, 3.05) is 53.0 Å². The first kappa shape index (κ1) is 26.6. The lowest BCUT2D eigenvalue weighted by Gasteiger charge is -2.33. The minimum absolute atomic E-state index is 0. The number of benzene rings is 1. The molecule has 2 atom stereocenters. The zero-order valence-electron chi connectivity index (χ0n) is 19.4. The highest BCUT2D eigenvalue weighted by molar-refractivity contribution is 14.0. The summed E-state index contributed by atoms with van der Waals surface area (Å²) in [7, 11) is 1.80. The largest absolute Gasteiger partial charge is 0.465 e. The van der Waals surface area contributed by atoms with Crippen LogP contribution in [0.2, 0.25) is 0 Å². The number of aryl methyl sites for hydroxylation is 1. The molecule has 0 spiro atoms. The number of hydrogen-bond donors (Lipinski definition) is 2. The van der Waals surface area contributed by atoms with E-state index >= 15 is 0 Å². The number of ether oxygens (including phenoxy) is 2. The van der Waals surface area contributed by atoms with E-state index in [2.05, 4.69) is 45.6 Å². The molecule has 1 fully saturated rings. The summed E-state index contributed by atoms with van der Waals surface area (Å²) in [6.07, 6.45) is 0. The van der Waals surface area contributed by atoms with Gasteiger partial charge in [0.1, 0.15) is 11.5 Å². The predicted octanol–water partition coefficient (Wildman–Crippen LogP) is 3.60. The fourth-order valence-electron chi connectivity index (χ4n) is 3.63. The van der Waals surface area contributed by atoms with Crippen molar-refractivity contribution < 1.29 is 13.9 Å². The highest BCUT2D eigenvalue weighted by Gasteiger charge is 2.25. The van der Waals surface area contributed by atoms with Crippen molar-refractivity contribution >= 4 is 29.9 Å². The van der Waals surface area contributed by atoms with Crippen molar-refractivity contribution in [2.24, 2.45) is 10.9 Å². The minimum atomic E-state index is 0. The molecule has 1 aromatic heterocycles. The quantitative estimate of drug-likeness (QED) is 0.265. The van der Waals surface area contributed by atoms with E-state index in [0.29, 0.717) is 25.7 Å². The van der Waals surface area contributed by atoms with Gasteiger partial charge < -0.3 is 24.5 Å². The maximum atomic E-state index is 5.94. The van der Waals surface area contributed by atoms with Crippen LogP contribution in [0.5, 0.6) is 0 Å². The summed E-state index contributed by atoms with van der Waals surface area (Å²) in [6, 6.07) is 14.5. The van der Waals surface area contributed by atoms with Crippen molar-refractivity contribution in [3.8, 4) is 0 Å². The fraction of sp³-hybridized carbons (Fsp3) is 0.542. The lowest BCUT2D eigenvalue weighted by Crippen LogP contribution is -2.47. The zero-order valence-corrected chi connectivity index (χ0v) is 21.7. The molecule has 8 heteroatoms. The van der Waals surface area contributed by atoms with Crippen LogP contribution in [-0.2, 0) is 16.1 Å². The predicted molar refractivity (Wildman–Crippen MR) is 139 cm³/mol. The molecule has 3 rings (SSSR count). The second kappa shape index (κ2) is 14.5. The Hall–Kier alpha value is -1.62. The van der Waals surface area contributed by atoms with E-state index in [4.69, 9.17) is 13.9 Å². The van der Waals surface area contributed by atoms with Gasteiger partial charge in [0.15, 0.2) is 5.96 Å². The lowest BCUT2D eigenvalue weighted by molar-refractivity contribution is 0.0124. The summed E-state index contributed by atoms with van der Waals surface area (Å²) in [5, 5.41) is 6.89. The number of nitrogens with one attached hydrogen (secondary N) is 2. The molecule has 2 unspecified atom stereocenters. The van der Waals surface area contributed by atoms with Crippen LogP contribution in [0, 0.1) is 12.8 Å². The molecule has 32 heavy (non-hydrogen) atoms. The van der Waals surface area contributed by atoms with Gasteiger partial charge in [0.05, 0.1) is 32.5 Å². The Morgan fingerprint density at radius 2 is 1.81 bits per heavy atom. The summed E-state index contributed by atoms with van der Waals surface area (Å²) < 4.78 is 17.3. The lowest BCUT2D eigenvalue weighted by atomic mass is 10.1. The molecular weight excluding hydrogens is 519 g/mol. The van der Waals surface area contributed by atoms with Crippen molar-refractivity contribution in [1.29, 1.82) is 0 Å². The SMILES string of the molecule is CN=C(NCC(C)COCc1ccccc1)NCC(c1ccc(C)o1)N1CCOCC1.I. The van der Waals surface area contributed by atoms with Gasteiger partial charge in [0.2, 0.25) is 0 Å². The molecule has 0 aliphatic carbocycles. The van der Waals surface area contributed by atoms with Crippen LogP contribution >= 0.6 is 24.0 Å². The first-order chi connectivity index (χ1) is 15.2. The molecule has 2 N–H and O–H groups in total. The summed E-state index contributed by atoms with van der Waals surface area (Å²) >= 11 is 0. The Kier molecular flexibility index (Phi) is 12.1. The third-order valence-electron chi connectivity index (χ3n) is 5.39. The number of rotatable bonds is 10. The van der Waals surface area contributed by atoms with Gasteiger partial charge in [-0.05, 0) is 30.5 Å². The number of halogens is 1. The van der Waals surface area contributed by atoms with E-state index < -0.39 is 0 Å². The Morgan fingerprint density at radius 1 is 1.09 bits per heavy atom. The van der Waals surface area contributed by atoms with Gasteiger partial charge in [-0.3, -0.25) is 9.89 Å². The molecule has 1 aromatic carbocycles. The van der Waals surface area contributed by atoms with E-state index in [9.17, 15) is 0 Å². The molecule has 1 aliphatic heterocycles. The summed E-state index contributed by atoms with van der Waals surface area (Å²) in [5.74, 6) is 3.06. The van der Waals surface area contributed by atoms with Crippen molar-refractivity contribution in [3.05, 3.63) is 59.5 Å². The number of furan rings is 1. The minimum Gasteiger partial charge on any atom is -0.465 e. The average Bonchev–Trinajstić information content (AvgIpc) is 3.23. The third kappa shape index (κ3) is 8.73. The highest BCUT2D eigenvalue weighted by atomic mass is 127. The average molecular weight is 556 g/mol. The number of aliphatic imine (C=N–C) groups is 1. The third-order valence-corrected chi connectivity index (χ3v) is 5.39. The van der Waals surface area contributed by atoms with E-state index in [-0.39, 0.29) is 30.0 Å². The first-order valence-electron chi connectivity index (χ1n) is 11.1. The van der Waals surface area contributed by atoms with Gasteiger partial charge in [-0.2, -0.15) is 0 Å². The van der Waals surface area contributed by atoms with Gasteiger partial charge >= 0.3 is 0 Å². The normalized spacial score (nSPS) is 16.8. The van der Waals surface area contributed by atoms with Gasteiger partial charge in [0, 0.05) is 33.2 Å². The standard InChI is InChI=1S/C24H36N4O3.HI/c1-19(17-30-18-21-7-5-4-6-8-21)15-26-24(25-3)27-16-22(23-10-9-20(2)31-23)28-11-13-29-14-12-28;/h4-10,19,22H,11-18H2,1-3H3,(H2,25,26,27);1H. The van der Waals surface area contributed by atoms with Crippen molar-refractivity contribution in [2.45, 2.75) is 26.5 Å². The summed E-state index contributed by atoms with van der Waals surface area (Å²) in [5.41, 5.74) is 1.20. The molecule has 0 saturated carbocycles. The second-order valence-electron chi connectivity index (χ2n) is 8.05. The van der Waals surface area contributed by atoms with Crippen LogP contribution < -0.4 is 10.6 Å². The molecule has 0 bridgehead atoms. The van der Waals surface area contributed by atoms with Gasteiger partial charge in [-0.1, -0.05) is 37.3 Å². The van der Waals surface area contributed by atoms with Crippen molar-refractivity contribution in [1.82, 2.24) is 15.5 Å². The number of nitrogens with zero attached hydrogens (tertiary/aromatic N) is 2. The van der Waals surface area contributed by atoms with Gasteiger partial charge in [-0.15, -0.1) is 24.0 Å². The van der Waals surface area contributed by atoms with Crippen LogP contribution in [0.25, 0.3) is 0 Å². The van der Waals surface area contributed by atoms with Crippen LogP contribution in [0.1, 0.15) is 30.0 Å². The van der Waals surface area contributed by atoms with Crippen LogP contribution in [0.15, 0.2) is 51.9 Å². The smallest absolute Gasteiger partial charge is 0.191 e. The van der Waals surface area contributed by atoms with Gasteiger partial charge in [-0.25, -0.2) is 0 Å². The maximum absolute atomic E-state index is 5.94. The molecule has 1 saturated heterocycles. The highest BCUT2D eigenvalue weighted by Crippen LogP contribution is 2.23. The molecule has 7 nitrogen and oxygen atoms in total. The monoisotopic (exact) mass is 556 g/mol. The molecule has 2 aromatic rings. The van der Waals surface area contributed by atoms with E-state index in [1.807, 2.05) is 31.2 Å². The zero-order chi connectivity index (χ0) is 21.9.